The fraction of sp³-hybridized carbons (Fsp3) is 0.269. The maximum atomic E-state index is 13.4. The number of hydrogen-bond acceptors (Lipinski definition) is 8. The minimum atomic E-state index is -4.86. The normalized spacial score (nSPS) is 14.0. The lowest BCUT2D eigenvalue weighted by molar-refractivity contribution is -0.138. The summed E-state index contributed by atoms with van der Waals surface area (Å²) in [5, 5.41) is 22.1. The van der Waals surface area contributed by atoms with E-state index >= 15 is 0 Å². The van der Waals surface area contributed by atoms with Gasteiger partial charge in [0.1, 0.15) is 5.75 Å². The molecule has 0 bridgehead atoms. The number of amides is 1. The lowest BCUT2D eigenvalue weighted by atomic mass is 10.1. The van der Waals surface area contributed by atoms with Gasteiger partial charge in [-0.1, -0.05) is 0 Å². The first-order chi connectivity index (χ1) is 19.3. The molecule has 0 spiro atoms. The Morgan fingerprint density at radius 1 is 0.951 bits per heavy atom. The van der Waals surface area contributed by atoms with E-state index < -0.39 is 46.1 Å². The molecule has 41 heavy (non-hydrogen) atoms. The van der Waals surface area contributed by atoms with Gasteiger partial charge in [-0.05, 0) is 48.5 Å². The molecule has 3 aromatic carbocycles. The van der Waals surface area contributed by atoms with Crippen molar-refractivity contribution in [2.45, 2.75) is 12.4 Å². The van der Waals surface area contributed by atoms with Gasteiger partial charge in [0.2, 0.25) is 0 Å². The number of carbonyl (C=O) groups excluding carboxylic acids is 1. The summed E-state index contributed by atoms with van der Waals surface area (Å²) in [6.45, 7) is 1.49. The topological polar surface area (TPSA) is 107 Å². The number of hydrogen-bond donors (Lipinski definition) is 2. The number of ether oxygens (including phenoxy) is 3. The molecule has 4 rings (SSSR count). The number of methoxy groups -OCH3 is 1. The van der Waals surface area contributed by atoms with Gasteiger partial charge in [0.15, 0.2) is 11.5 Å². The lowest BCUT2D eigenvalue weighted by Gasteiger charge is -2.31. The van der Waals surface area contributed by atoms with E-state index in [2.05, 4.69) is 5.32 Å². The van der Waals surface area contributed by atoms with Crippen LogP contribution in [0.25, 0.3) is 0 Å². The number of alkyl halides is 6. The highest BCUT2D eigenvalue weighted by Crippen LogP contribution is 2.39. The molecule has 0 aliphatic carbocycles. The monoisotopic (exact) mass is 586 g/mol. The number of rotatable bonds is 7. The molecule has 9 nitrogen and oxygen atoms in total. The molecule has 1 heterocycles. The first kappa shape index (κ1) is 29.8. The molecule has 1 fully saturated rings. The summed E-state index contributed by atoms with van der Waals surface area (Å²) >= 11 is 0. The molecule has 0 radical (unpaired) electrons. The van der Waals surface area contributed by atoms with Crippen molar-refractivity contribution in [2.75, 3.05) is 48.9 Å². The predicted octanol–water partition coefficient (Wildman–Crippen LogP) is 6.31. The summed E-state index contributed by atoms with van der Waals surface area (Å²) in [4.78, 5) is 14.9. The van der Waals surface area contributed by atoms with Crippen LogP contribution < -0.4 is 24.9 Å². The van der Waals surface area contributed by atoms with Crippen LogP contribution in [0.4, 0.5) is 43.4 Å². The highest BCUT2D eigenvalue weighted by molar-refractivity contribution is 6.06. The first-order valence-electron chi connectivity index (χ1n) is 11.9. The molecule has 0 aromatic heterocycles. The van der Waals surface area contributed by atoms with E-state index in [1.54, 1.807) is 4.90 Å². The summed E-state index contributed by atoms with van der Waals surface area (Å²) < 4.78 is 95.9. The highest BCUT2D eigenvalue weighted by atomic mass is 19.4. The Labute approximate surface area is 229 Å². The number of nitrogens with zero attached hydrogens (tertiary/aromatic N) is 2. The molecular weight excluding hydrogens is 564 g/mol. The average molecular weight is 586 g/mol. The molecule has 0 saturated carbocycles. The van der Waals surface area contributed by atoms with Gasteiger partial charge in [-0.25, -0.2) is 0 Å². The zero-order chi connectivity index (χ0) is 29.9. The molecule has 2 N–H and O–H groups in total. The SMILES string of the molecule is COc1cc(C(=O)Nc2cc(C(F)(F)F)ccc2N2CCOCC2)ccc1Oc1cc(N([O-])O)cc(C(F)(F)F)c1. The van der Waals surface area contributed by atoms with Crippen molar-refractivity contribution < 1.29 is 50.6 Å². The van der Waals surface area contributed by atoms with Crippen molar-refractivity contribution in [3.05, 3.63) is 76.5 Å². The van der Waals surface area contributed by atoms with Gasteiger partial charge in [-0.3, -0.25) is 10.0 Å². The van der Waals surface area contributed by atoms with Crippen LogP contribution in [0.15, 0.2) is 54.6 Å². The quantitative estimate of drug-likeness (QED) is 0.245. The molecule has 0 atom stereocenters. The molecule has 15 heteroatoms. The Morgan fingerprint density at radius 2 is 1.63 bits per heavy atom. The zero-order valence-electron chi connectivity index (χ0n) is 21.2. The Balaban J connectivity index is 1.63. The second-order valence-corrected chi connectivity index (χ2v) is 8.74. The Kier molecular flexibility index (Phi) is 8.51. The summed E-state index contributed by atoms with van der Waals surface area (Å²) in [7, 11) is 1.19. The summed E-state index contributed by atoms with van der Waals surface area (Å²) in [5.41, 5.74) is -2.78. The van der Waals surface area contributed by atoms with Crippen LogP contribution in [0.3, 0.4) is 0 Å². The van der Waals surface area contributed by atoms with Gasteiger partial charge in [0.05, 0.1) is 48.5 Å². The molecule has 1 amide bonds. The molecule has 1 aliphatic rings. The Morgan fingerprint density at radius 3 is 2.24 bits per heavy atom. The second kappa shape index (κ2) is 11.7. The number of anilines is 3. The number of morpholine rings is 1. The molecule has 220 valence electrons. The van der Waals surface area contributed by atoms with Gasteiger partial charge < -0.3 is 34.9 Å². The average Bonchev–Trinajstić information content (AvgIpc) is 2.92. The molecule has 1 aliphatic heterocycles. The molecule has 1 saturated heterocycles. The van der Waals surface area contributed by atoms with E-state index in [1.807, 2.05) is 0 Å². The summed E-state index contributed by atoms with van der Waals surface area (Å²) in [5.74, 6) is -1.54. The summed E-state index contributed by atoms with van der Waals surface area (Å²) in [6, 6.07) is 8.45. The number of carbonyl (C=O) groups is 1. The van der Waals surface area contributed by atoms with Gasteiger partial charge in [-0.2, -0.15) is 26.3 Å². The maximum Gasteiger partial charge on any atom is 0.416 e. The predicted molar refractivity (Wildman–Crippen MR) is 135 cm³/mol. The smallest absolute Gasteiger partial charge is 0.416 e. The lowest BCUT2D eigenvalue weighted by Crippen LogP contribution is -2.36. The molecule has 3 aromatic rings. The van der Waals surface area contributed by atoms with Crippen molar-refractivity contribution >= 4 is 23.0 Å². The van der Waals surface area contributed by atoms with Crippen molar-refractivity contribution in [1.82, 2.24) is 0 Å². The fourth-order valence-corrected chi connectivity index (χ4v) is 4.02. The Hall–Kier alpha value is -4.21. The third-order valence-electron chi connectivity index (χ3n) is 6.02. The standard InChI is InChI=1S/C26H22F6N3O6/c1-39-23-10-15(2-5-22(23)41-19-12-17(26(30,31)32)11-18(14-19)35(37)38)24(36)33-20-13-16(25(27,28)29)3-4-21(20)34-6-8-40-9-7-34/h2-5,10-14,37H,6-9H2,1H3,(H,33,36)/q-1. The van der Waals surface area contributed by atoms with E-state index in [-0.39, 0.29) is 22.7 Å². The van der Waals surface area contributed by atoms with Crippen LogP contribution in [0.5, 0.6) is 17.2 Å². The summed E-state index contributed by atoms with van der Waals surface area (Å²) in [6.07, 6.45) is -9.52. The van der Waals surface area contributed by atoms with Crippen molar-refractivity contribution in [3.8, 4) is 17.2 Å². The van der Waals surface area contributed by atoms with Crippen LogP contribution >= 0.6 is 0 Å². The van der Waals surface area contributed by atoms with Crippen LogP contribution in [0.2, 0.25) is 0 Å². The highest BCUT2D eigenvalue weighted by Gasteiger charge is 2.33. The fourth-order valence-electron chi connectivity index (χ4n) is 4.02. The van der Waals surface area contributed by atoms with Crippen molar-refractivity contribution in [3.63, 3.8) is 0 Å². The minimum absolute atomic E-state index is 0.0645. The van der Waals surface area contributed by atoms with Crippen molar-refractivity contribution in [1.29, 1.82) is 0 Å². The minimum Gasteiger partial charge on any atom is -0.733 e. The zero-order valence-corrected chi connectivity index (χ0v) is 21.2. The second-order valence-electron chi connectivity index (χ2n) is 8.74. The van der Waals surface area contributed by atoms with Crippen LogP contribution in [0.1, 0.15) is 21.5 Å². The van der Waals surface area contributed by atoms with Crippen molar-refractivity contribution in [2.24, 2.45) is 0 Å². The van der Waals surface area contributed by atoms with E-state index in [0.717, 1.165) is 18.2 Å². The number of benzene rings is 3. The largest absolute Gasteiger partial charge is 0.733 e. The van der Waals surface area contributed by atoms with Gasteiger partial charge in [0, 0.05) is 24.7 Å². The maximum absolute atomic E-state index is 13.4. The van der Waals surface area contributed by atoms with Crippen LogP contribution in [-0.4, -0.2) is 44.5 Å². The van der Waals surface area contributed by atoms with Crippen LogP contribution in [0, 0.1) is 5.21 Å². The van der Waals surface area contributed by atoms with Gasteiger partial charge in [0.25, 0.3) is 5.91 Å². The number of halogens is 6. The van der Waals surface area contributed by atoms with Gasteiger partial charge >= 0.3 is 12.4 Å². The first-order valence-corrected chi connectivity index (χ1v) is 11.9. The third kappa shape index (κ3) is 7.11. The van der Waals surface area contributed by atoms with E-state index in [4.69, 9.17) is 19.4 Å². The molecule has 0 unspecified atom stereocenters. The third-order valence-corrected chi connectivity index (χ3v) is 6.02. The van der Waals surface area contributed by atoms with E-state index in [9.17, 15) is 36.3 Å². The van der Waals surface area contributed by atoms with Crippen LogP contribution in [-0.2, 0) is 17.1 Å². The van der Waals surface area contributed by atoms with Gasteiger partial charge in [-0.15, -0.1) is 0 Å². The Bertz CT molecular complexity index is 1410. The molecular formula is C26H22F6N3O6-. The number of nitrogens with one attached hydrogen (secondary N) is 1. The van der Waals surface area contributed by atoms with E-state index in [0.29, 0.717) is 44.1 Å². The van der Waals surface area contributed by atoms with E-state index in [1.165, 1.54) is 31.4 Å².